The van der Waals surface area contributed by atoms with Crippen LogP contribution in [0.1, 0.15) is 46.1 Å². The summed E-state index contributed by atoms with van der Waals surface area (Å²) in [7, 11) is 1.75. The average molecular weight is 470 g/mol. The predicted octanol–water partition coefficient (Wildman–Crippen LogP) is 4.15. The number of anilines is 2. The minimum Gasteiger partial charge on any atom is -0.383 e. The zero-order valence-electron chi connectivity index (χ0n) is 20.1. The molecule has 8 nitrogen and oxygen atoms in total. The van der Waals surface area contributed by atoms with E-state index in [9.17, 15) is 4.79 Å². The molecule has 0 saturated carbocycles. The zero-order valence-corrected chi connectivity index (χ0v) is 20.1. The lowest BCUT2D eigenvalue weighted by Gasteiger charge is -2.32. The SMILES string of the molecule is COCCN1CCC(c2ccc(Nc3nc(-c4cnc(C)nc4)cc4c3C(=O)[N]C=C4)cc2)CC1. The highest BCUT2D eigenvalue weighted by Gasteiger charge is 2.23. The number of amides is 1. The Balaban J connectivity index is 1.36. The van der Waals surface area contributed by atoms with Gasteiger partial charge in [-0.1, -0.05) is 12.1 Å². The van der Waals surface area contributed by atoms with E-state index in [0.29, 0.717) is 28.8 Å². The summed E-state index contributed by atoms with van der Waals surface area (Å²) in [6, 6.07) is 10.3. The van der Waals surface area contributed by atoms with Crippen molar-refractivity contribution >= 4 is 23.5 Å². The molecule has 2 aliphatic rings. The highest BCUT2D eigenvalue weighted by atomic mass is 16.5. The number of methoxy groups -OCH3 is 1. The van der Waals surface area contributed by atoms with Crippen LogP contribution in [0, 0.1) is 6.92 Å². The third-order valence-corrected chi connectivity index (χ3v) is 6.63. The third-order valence-electron chi connectivity index (χ3n) is 6.63. The molecule has 1 amide bonds. The van der Waals surface area contributed by atoms with Crippen LogP contribution >= 0.6 is 0 Å². The first-order valence-corrected chi connectivity index (χ1v) is 11.9. The van der Waals surface area contributed by atoms with Crippen molar-refractivity contribution in [3.63, 3.8) is 0 Å². The van der Waals surface area contributed by atoms with Crippen LogP contribution in [0.4, 0.5) is 11.5 Å². The first-order valence-electron chi connectivity index (χ1n) is 11.9. The molecule has 0 bridgehead atoms. The number of carbonyl (C=O) groups excluding carboxylic acids is 1. The molecule has 1 N–H and O–H groups in total. The van der Waals surface area contributed by atoms with Crippen LogP contribution < -0.4 is 10.6 Å². The van der Waals surface area contributed by atoms with Crippen molar-refractivity contribution in [1.29, 1.82) is 0 Å². The fourth-order valence-corrected chi connectivity index (χ4v) is 4.62. The Morgan fingerprint density at radius 2 is 1.86 bits per heavy atom. The first-order chi connectivity index (χ1) is 17.1. The number of ether oxygens (including phenoxy) is 1. The summed E-state index contributed by atoms with van der Waals surface area (Å²) >= 11 is 0. The second kappa shape index (κ2) is 10.3. The van der Waals surface area contributed by atoms with Crippen LogP contribution in [0.15, 0.2) is 48.9 Å². The van der Waals surface area contributed by atoms with E-state index in [1.165, 1.54) is 11.8 Å². The number of aryl methyl sites for hydroxylation is 1. The van der Waals surface area contributed by atoms with Crippen LogP contribution in [0.25, 0.3) is 17.3 Å². The van der Waals surface area contributed by atoms with Crippen molar-refractivity contribution in [2.75, 3.05) is 38.7 Å². The zero-order chi connectivity index (χ0) is 24.2. The molecule has 0 atom stereocenters. The Labute approximate surface area is 205 Å². The van der Waals surface area contributed by atoms with E-state index in [0.717, 1.165) is 55.9 Å². The molecule has 5 rings (SSSR count). The largest absolute Gasteiger partial charge is 0.383 e. The minimum atomic E-state index is -0.305. The highest BCUT2D eigenvalue weighted by Crippen LogP contribution is 2.32. The number of likely N-dealkylation sites (tertiary alicyclic amines) is 1. The summed E-state index contributed by atoms with van der Waals surface area (Å²) in [5.74, 6) is 1.43. The molecular weight excluding hydrogens is 440 g/mol. The summed E-state index contributed by atoms with van der Waals surface area (Å²) in [5, 5.41) is 7.31. The quantitative estimate of drug-likeness (QED) is 0.556. The number of nitrogens with zero attached hydrogens (tertiary/aromatic N) is 5. The van der Waals surface area contributed by atoms with Crippen LogP contribution in [-0.2, 0) is 4.74 Å². The van der Waals surface area contributed by atoms with Crippen LogP contribution in [0.3, 0.4) is 0 Å². The number of pyridine rings is 1. The van der Waals surface area contributed by atoms with E-state index in [1.807, 2.05) is 19.1 Å². The molecule has 0 unspecified atom stereocenters. The van der Waals surface area contributed by atoms with Gasteiger partial charge in [0, 0.05) is 43.5 Å². The van der Waals surface area contributed by atoms with Crippen molar-refractivity contribution in [2.24, 2.45) is 0 Å². The Kier molecular flexibility index (Phi) is 6.83. The normalized spacial score (nSPS) is 16.1. The average Bonchev–Trinajstić information content (AvgIpc) is 2.88. The van der Waals surface area contributed by atoms with Gasteiger partial charge in [0.15, 0.2) is 0 Å². The Morgan fingerprint density at radius 1 is 1.11 bits per heavy atom. The molecule has 35 heavy (non-hydrogen) atoms. The molecule has 0 aliphatic carbocycles. The fraction of sp³-hybridized carbons (Fsp3) is 0.333. The molecule has 2 aliphatic heterocycles. The summed E-state index contributed by atoms with van der Waals surface area (Å²) < 4.78 is 5.21. The summed E-state index contributed by atoms with van der Waals surface area (Å²) in [6.45, 7) is 5.82. The number of hydrogen-bond acceptors (Lipinski definition) is 7. The van der Waals surface area contributed by atoms with Gasteiger partial charge in [-0.3, -0.25) is 4.79 Å². The lowest BCUT2D eigenvalue weighted by atomic mass is 9.89. The highest BCUT2D eigenvalue weighted by molar-refractivity contribution is 6.05. The van der Waals surface area contributed by atoms with Gasteiger partial charge in [0.25, 0.3) is 5.91 Å². The molecule has 1 fully saturated rings. The molecule has 4 heterocycles. The number of rotatable bonds is 7. The number of fused-ring (bicyclic) bond motifs is 1. The summed E-state index contributed by atoms with van der Waals surface area (Å²) in [4.78, 5) is 28.4. The van der Waals surface area contributed by atoms with E-state index < -0.39 is 0 Å². The Hall–Kier alpha value is -3.62. The number of benzene rings is 1. The molecule has 1 aromatic carbocycles. The molecule has 1 radical (unpaired) electrons. The van der Waals surface area contributed by atoms with Crippen LogP contribution in [0.2, 0.25) is 0 Å². The van der Waals surface area contributed by atoms with Gasteiger partial charge in [-0.05, 0) is 74.2 Å². The van der Waals surface area contributed by atoms with Crippen molar-refractivity contribution < 1.29 is 9.53 Å². The maximum Gasteiger partial charge on any atom is 0.281 e. The second-order valence-corrected chi connectivity index (χ2v) is 8.94. The molecule has 1 saturated heterocycles. The van der Waals surface area contributed by atoms with Gasteiger partial charge in [0.2, 0.25) is 0 Å². The van der Waals surface area contributed by atoms with Gasteiger partial charge in [-0.15, -0.1) is 0 Å². The summed E-state index contributed by atoms with van der Waals surface area (Å²) in [6.07, 6.45) is 9.14. The number of aromatic nitrogens is 3. The standard InChI is InChI=1S/C27H29N6O2/c1-18-29-16-22(17-30-18)24-15-21-7-10-28-27(34)25(21)26(32-24)31-23-5-3-19(4-6-23)20-8-11-33(12-9-20)13-14-35-2/h3-7,10,15-17,20H,8-9,11-14H2,1-2H3,(H,31,32). The number of carbonyl (C=O) groups is 1. The molecule has 2 aromatic heterocycles. The number of nitrogens with one attached hydrogen (secondary N) is 1. The topological polar surface area (TPSA) is 94.3 Å². The van der Waals surface area contributed by atoms with E-state index in [1.54, 1.807) is 19.5 Å². The van der Waals surface area contributed by atoms with E-state index in [-0.39, 0.29) is 5.91 Å². The monoisotopic (exact) mass is 469 g/mol. The second-order valence-electron chi connectivity index (χ2n) is 8.94. The van der Waals surface area contributed by atoms with Crippen molar-refractivity contribution in [2.45, 2.75) is 25.7 Å². The molecule has 8 heteroatoms. The van der Waals surface area contributed by atoms with Gasteiger partial charge in [-0.2, -0.15) is 0 Å². The molecule has 179 valence electrons. The van der Waals surface area contributed by atoms with Crippen LogP contribution in [-0.4, -0.2) is 59.1 Å². The van der Waals surface area contributed by atoms with Crippen LogP contribution in [0.5, 0.6) is 0 Å². The fourth-order valence-electron chi connectivity index (χ4n) is 4.62. The molecular formula is C27H29N6O2. The van der Waals surface area contributed by atoms with Gasteiger partial charge in [0.1, 0.15) is 11.6 Å². The lowest BCUT2D eigenvalue weighted by molar-refractivity contribution is 0.0965. The smallest absolute Gasteiger partial charge is 0.281 e. The predicted molar refractivity (Wildman–Crippen MR) is 136 cm³/mol. The van der Waals surface area contributed by atoms with Gasteiger partial charge < -0.3 is 15.0 Å². The lowest BCUT2D eigenvalue weighted by Crippen LogP contribution is -2.35. The number of piperidine rings is 1. The number of hydrogen-bond donors (Lipinski definition) is 1. The van der Waals surface area contributed by atoms with Crippen molar-refractivity contribution in [1.82, 2.24) is 25.2 Å². The first kappa shape index (κ1) is 23.1. The maximum absolute atomic E-state index is 12.6. The van der Waals surface area contributed by atoms with E-state index >= 15 is 0 Å². The van der Waals surface area contributed by atoms with Gasteiger partial charge >= 0.3 is 0 Å². The van der Waals surface area contributed by atoms with E-state index in [4.69, 9.17) is 9.72 Å². The maximum atomic E-state index is 12.6. The Morgan fingerprint density at radius 3 is 2.57 bits per heavy atom. The molecule has 3 aromatic rings. The van der Waals surface area contributed by atoms with Gasteiger partial charge in [-0.25, -0.2) is 20.3 Å². The molecule has 0 spiro atoms. The van der Waals surface area contributed by atoms with Gasteiger partial charge in [0.05, 0.1) is 17.9 Å². The third kappa shape index (κ3) is 5.23. The Bertz CT molecular complexity index is 1220. The summed E-state index contributed by atoms with van der Waals surface area (Å²) in [5.41, 5.74) is 4.95. The minimum absolute atomic E-state index is 0.305. The van der Waals surface area contributed by atoms with E-state index in [2.05, 4.69) is 49.8 Å². The van der Waals surface area contributed by atoms with Crippen molar-refractivity contribution in [3.8, 4) is 11.3 Å². The van der Waals surface area contributed by atoms with Crippen molar-refractivity contribution in [3.05, 3.63) is 71.4 Å².